The van der Waals surface area contributed by atoms with Gasteiger partial charge in [-0.25, -0.2) is 0 Å². The minimum Gasteiger partial charge on any atom is -0.389 e. The van der Waals surface area contributed by atoms with E-state index in [0.29, 0.717) is 4.99 Å². The molecule has 1 saturated carbocycles. The Kier molecular flexibility index (Phi) is 3.46. The molecule has 0 atom stereocenters. The first kappa shape index (κ1) is 12.8. The molecule has 0 heterocycles. The number of nitrogens with one attached hydrogen (secondary N) is 1. The van der Waals surface area contributed by atoms with Crippen LogP contribution in [0.25, 0.3) is 0 Å². The zero-order chi connectivity index (χ0) is 12.6. The smallest absolute Gasteiger partial charge is 0.106 e. The van der Waals surface area contributed by atoms with E-state index in [2.05, 4.69) is 35.1 Å². The van der Waals surface area contributed by atoms with Gasteiger partial charge in [0.1, 0.15) is 4.99 Å². The zero-order valence-electron chi connectivity index (χ0n) is 10.1. The second-order valence-electron chi connectivity index (χ2n) is 5.18. The molecular formula is C13H17BrN2S. The lowest BCUT2D eigenvalue weighted by Gasteiger charge is -2.29. The molecule has 92 valence electrons. The fourth-order valence-electron chi connectivity index (χ4n) is 2.09. The molecule has 1 aromatic carbocycles. The van der Waals surface area contributed by atoms with Crippen molar-refractivity contribution in [2.75, 3.05) is 5.32 Å². The summed E-state index contributed by atoms with van der Waals surface area (Å²) in [5.74, 6) is 0.751. The maximum Gasteiger partial charge on any atom is 0.106 e. The first-order valence-corrected chi connectivity index (χ1v) is 6.98. The summed E-state index contributed by atoms with van der Waals surface area (Å²) >= 11 is 8.57. The molecule has 1 aliphatic carbocycles. The van der Waals surface area contributed by atoms with E-state index in [4.69, 9.17) is 18.0 Å². The van der Waals surface area contributed by atoms with E-state index in [9.17, 15) is 0 Å². The van der Waals surface area contributed by atoms with Gasteiger partial charge in [0.2, 0.25) is 0 Å². The van der Waals surface area contributed by atoms with Crippen molar-refractivity contribution in [2.45, 2.75) is 32.2 Å². The quantitative estimate of drug-likeness (QED) is 0.833. The van der Waals surface area contributed by atoms with Crippen LogP contribution >= 0.6 is 28.1 Å². The van der Waals surface area contributed by atoms with E-state index < -0.39 is 0 Å². The van der Waals surface area contributed by atoms with Crippen LogP contribution < -0.4 is 11.1 Å². The molecule has 4 heteroatoms. The van der Waals surface area contributed by atoms with E-state index in [1.54, 1.807) is 0 Å². The highest BCUT2D eigenvalue weighted by Crippen LogP contribution is 2.41. The number of thiocarbonyl (C=S) groups is 1. The van der Waals surface area contributed by atoms with Crippen molar-refractivity contribution in [2.24, 2.45) is 11.7 Å². The van der Waals surface area contributed by atoms with Crippen molar-refractivity contribution in [3.05, 3.63) is 28.2 Å². The molecule has 0 saturated heterocycles. The van der Waals surface area contributed by atoms with Gasteiger partial charge in [-0.15, -0.1) is 0 Å². The maximum atomic E-state index is 5.75. The minimum atomic E-state index is 0.0975. The Hall–Kier alpha value is -0.610. The molecule has 3 N–H and O–H groups in total. The average molecular weight is 313 g/mol. The number of rotatable bonds is 4. The van der Waals surface area contributed by atoms with Crippen molar-refractivity contribution in [1.29, 1.82) is 0 Å². The number of nitrogens with two attached hydrogens (primary N) is 1. The summed E-state index contributed by atoms with van der Waals surface area (Å²) in [5, 5.41) is 3.57. The van der Waals surface area contributed by atoms with Crippen molar-refractivity contribution < 1.29 is 0 Å². The Morgan fingerprint density at radius 1 is 1.47 bits per heavy atom. The summed E-state index contributed by atoms with van der Waals surface area (Å²) in [6, 6.07) is 5.96. The molecule has 0 aromatic heterocycles. The molecule has 1 fully saturated rings. The number of hydrogen-bond acceptors (Lipinski definition) is 2. The Balaban J connectivity index is 2.30. The van der Waals surface area contributed by atoms with Crippen LogP contribution in [-0.2, 0) is 0 Å². The Morgan fingerprint density at radius 3 is 2.65 bits per heavy atom. The van der Waals surface area contributed by atoms with Crippen LogP contribution in [-0.4, -0.2) is 10.5 Å². The largest absolute Gasteiger partial charge is 0.389 e. The first-order chi connectivity index (χ1) is 7.90. The van der Waals surface area contributed by atoms with Gasteiger partial charge in [-0.3, -0.25) is 0 Å². The molecule has 0 spiro atoms. The molecule has 17 heavy (non-hydrogen) atoms. The van der Waals surface area contributed by atoms with Crippen LogP contribution in [0, 0.1) is 5.92 Å². The number of anilines is 1. The van der Waals surface area contributed by atoms with Gasteiger partial charge in [0.05, 0.1) is 0 Å². The van der Waals surface area contributed by atoms with Crippen molar-refractivity contribution in [3.8, 4) is 0 Å². The highest BCUT2D eigenvalue weighted by Gasteiger charge is 2.37. The van der Waals surface area contributed by atoms with Crippen molar-refractivity contribution in [3.63, 3.8) is 0 Å². The van der Waals surface area contributed by atoms with Crippen LogP contribution in [0.1, 0.15) is 32.3 Å². The SMILES string of the molecule is CC(C)(Nc1cc(Br)ccc1C(N)=S)C1CC1. The van der Waals surface area contributed by atoms with Crippen LogP contribution in [0.15, 0.2) is 22.7 Å². The lowest BCUT2D eigenvalue weighted by atomic mass is 9.97. The molecule has 1 aliphatic rings. The van der Waals surface area contributed by atoms with E-state index in [1.807, 2.05) is 18.2 Å². The number of hydrogen-bond donors (Lipinski definition) is 2. The van der Waals surface area contributed by atoms with Crippen LogP contribution in [0.2, 0.25) is 0 Å². The van der Waals surface area contributed by atoms with E-state index >= 15 is 0 Å². The van der Waals surface area contributed by atoms with Crippen molar-refractivity contribution in [1.82, 2.24) is 0 Å². The molecule has 2 rings (SSSR count). The first-order valence-electron chi connectivity index (χ1n) is 5.77. The van der Waals surface area contributed by atoms with Gasteiger partial charge in [0.25, 0.3) is 0 Å². The molecule has 0 unspecified atom stereocenters. The second-order valence-corrected chi connectivity index (χ2v) is 6.53. The summed E-state index contributed by atoms with van der Waals surface area (Å²) in [4.78, 5) is 0.437. The summed E-state index contributed by atoms with van der Waals surface area (Å²) in [6.45, 7) is 4.46. The van der Waals surface area contributed by atoms with Gasteiger partial charge in [-0.1, -0.05) is 28.1 Å². The van der Waals surface area contributed by atoms with Gasteiger partial charge in [-0.2, -0.15) is 0 Å². The van der Waals surface area contributed by atoms with Gasteiger partial charge in [0, 0.05) is 21.3 Å². The number of halogens is 1. The third-order valence-electron chi connectivity index (χ3n) is 3.30. The summed E-state index contributed by atoms with van der Waals surface area (Å²) in [6.07, 6.45) is 2.60. The van der Waals surface area contributed by atoms with Crippen LogP contribution in [0.3, 0.4) is 0 Å². The van der Waals surface area contributed by atoms with Gasteiger partial charge in [-0.05, 0) is 50.8 Å². The van der Waals surface area contributed by atoms with Gasteiger partial charge < -0.3 is 11.1 Å². The predicted octanol–water partition coefficient (Wildman–Crippen LogP) is 3.68. The maximum absolute atomic E-state index is 5.75. The standard InChI is InChI=1S/C13H17BrN2S/c1-13(2,8-3-4-8)16-11-7-9(14)5-6-10(11)12(15)17/h5-8,16H,3-4H2,1-2H3,(H2,15,17). The molecule has 1 aromatic rings. The van der Waals surface area contributed by atoms with E-state index in [-0.39, 0.29) is 5.54 Å². The van der Waals surface area contributed by atoms with Crippen LogP contribution in [0.5, 0.6) is 0 Å². The fraction of sp³-hybridized carbons (Fsp3) is 0.462. The lowest BCUT2D eigenvalue weighted by Crippen LogP contribution is -2.34. The third-order valence-corrected chi connectivity index (χ3v) is 4.02. The molecule has 0 bridgehead atoms. The third kappa shape index (κ3) is 2.99. The zero-order valence-corrected chi connectivity index (χ0v) is 12.5. The lowest BCUT2D eigenvalue weighted by molar-refractivity contribution is 0.494. The highest BCUT2D eigenvalue weighted by molar-refractivity contribution is 9.10. The average Bonchev–Trinajstić information content (AvgIpc) is 2.99. The molecule has 0 amide bonds. The summed E-state index contributed by atoms with van der Waals surface area (Å²) in [7, 11) is 0. The van der Waals surface area contributed by atoms with Crippen LogP contribution in [0.4, 0.5) is 5.69 Å². The summed E-state index contributed by atoms with van der Waals surface area (Å²) < 4.78 is 1.03. The monoisotopic (exact) mass is 312 g/mol. The number of benzene rings is 1. The van der Waals surface area contributed by atoms with Gasteiger partial charge >= 0.3 is 0 Å². The molecule has 2 nitrogen and oxygen atoms in total. The molecule has 0 radical (unpaired) electrons. The van der Waals surface area contributed by atoms with E-state index in [0.717, 1.165) is 21.6 Å². The predicted molar refractivity (Wildman–Crippen MR) is 80.5 cm³/mol. The molecule has 0 aliphatic heterocycles. The van der Waals surface area contributed by atoms with Crippen molar-refractivity contribution >= 4 is 38.8 Å². The fourth-order valence-corrected chi connectivity index (χ4v) is 2.63. The van der Waals surface area contributed by atoms with Gasteiger partial charge in [0.15, 0.2) is 0 Å². The summed E-state index contributed by atoms with van der Waals surface area (Å²) in [5.41, 5.74) is 7.78. The highest BCUT2D eigenvalue weighted by atomic mass is 79.9. The normalized spacial score (nSPS) is 15.7. The molecular weight excluding hydrogens is 296 g/mol. The van der Waals surface area contributed by atoms with E-state index in [1.165, 1.54) is 12.8 Å². The Bertz CT molecular complexity index is 453. The minimum absolute atomic E-state index is 0.0975. The Labute approximate surface area is 116 Å². The topological polar surface area (TPSA) is 38.0 Å². The Morgan fingerprint density at radius 2 is 2.12 bits per heavy atom. The second kappa shape index (κ2) is 4.58.